The number of hydrogen-bond acceptors (Lipinski definition) is 3. The van der Waals surface area contributed by atoms with E-state index in [-0.39, 0.29) is 18.5 Å². The molecule has 4 saturated carbocycles. The van der Waals surface area contributed by atoms with Crippen LogP contribution in [0.15, 0.2) is 0 Å². The fraction of sp³-hybridized carbons (Fsp3) is 0.895. The third-order valence-corrected chi connectivity index (χ3v) is 6.71. The van der Waals surface area contributed by atoms with Gasteiger partial charge in [-0.15, -0.1) is 0 Å². The molecule has 1 aliphatic heterocycles. The quantitative estimate of drug-likeness (QED) is 0.743. The minimum Gasteiger partial charge on any atom is -0.455 e. The fourth-order valence-electron chi connectivity index (χ4n) is 6.08. The van der Waals surface area contributed by atoms with Crippen LogP contribution in [-0.2, 0) is 14.3 Å². The van der Waals surface area contributed by atoms with Crippen molar-refractivity contribution in [3.8, 4) is 0 Å². The van der Waals surface area contributed by atoms with E-state index in [1.165, 1.54) is 0 Å². The third kappa shape index (κ3) is 2.95. The summed E-state index contributed by atoms with van der Waals surface area (Å²) in [5, 5.41) is 0. The van der Waals surface area contributed by atoms with E-state index in [1.54, 1.807) is 0 Å². The lowest BCUT2D eigenvalue weighted by molar-refractivity contribution is -0.185. The monoisotopic (exact) mass is 337 g/mol. The minimum absolute atomic E-state index is 0.0926. The number of esters is 1. The number of nitrogens with zero attached hydrogens (tertiary/aromatic N) is 1. The first-order valence-electron chi connectivity index (χ1n) is 9.62. The van der Waals surface area contributed by atoms with E-state index in [4.69, 9.17) is 4.74 Å². The van der Waals surface area contributed by atoms with E-state index in [0.29, 0.717) is 31.1 Å². The molecule has 134 valence electrons. The van der Waals surface area contributed by atoms with Crippen molar-refractivity contribution in [3.63, 3.8) is 0 Å². The molecular weight excluding hydrogens is 309 g/mol. The highest BCUT2D eigenvalue weighted by Gasteiger charge is 2.61. The number of ether oxygens (including phenoxy) is 1. The summed E-state index contributed by atoms with van der Waals surface area (Å²) in [4.78, 5) is 26.9. The first-order chi connectivity index (χ1) is 11.5. The lowest BCUT2D eigenvalue weighted by Gasteiger charge is -2.57. The number of carbonyl (C=O) groups is 2. The Morgan fingerprint density at radius 3 is 2.21 bits per heavy atom. The summed E-state index contributed by atoms with van der Waals surface area (Å²) in [7, 11) is 0. The van der Waals surface area contributed by atoms with Crippen LogP contribution in [0.2, 0.25) is 0 Å². The SMILES string of the molecule is O=C(COC(=O)C12C[C@H]3C[C@@H](CC(F)(C3)C1)C2)N1CCCCCC1. The van der Waals surface area contributed by atoms with Gasteiger partial charge < -0.3 is 9.64 Å². The first kappa shape index (κ1) is 16.3. The van der Waals surface area contributed by atoms with Crippen molar-refractivity contribution in [1.82, 2.24) is 4.90 Å². The minimum atomic E-state index is -1.17. The first-order valence-corrected chi connectivity index (χ1v) is 9.62. The standard InChI is InChI=1S/C19H28FNO3/c20-19-10-14-7-15(11-19)9-18(8-14,13-19)17(23)24-12-16(22)21-5-3-1-2-4-6-21/h14-15H,1-13H2/t14-,15-,18?,19?/m1/s1. The van der Waals surface area contributed by atoms with Gasteiger partial charge in [0, 0.05) is 13.1 Å². The number of likely N-dealkylation sites (tertiary alicyclic amines) is 1. The number of amides is 1. The van der Waals surface area contributed by atoms with E-state index >= 15 is 0 Å². The van der Waals surface area contributed by atoms with Crippen molar-refractivity contribution in [2.75, 3.05) is 19.7 Å². The largest absolute Gasteiger partial charge is 0.455 e. The van der Waals surface area contributed by atoms with Gasteiger partial charge in [0.05, 0.1) is 5.41 Å². The Bertz CT molecular complexity index is 513. The molecule has 5 heteroatoms. The van der Waals surface area contributed by atoms with E-state index in [2.05, 4.69) is 0 Å². The zero-order chi connectivity index (χ0) is 16.8. The molecule has 5 fully saturated rings. The molecule has 0 aromatic heterocycles. The van der Waals surface area contributed by atoms with Crippen LogP contribution in [0.1, 0.15) is 64.2 Å². The highest BCUT2D eigenvalue weighted by molar-refractivity contribution is 5.83. The molecule has 5 aliphatic rings. The average Bonchev–Trinajstić information content (AvgIpc) is 2.79. The molecule has 4 bridgehead atoms. The second-order valence-corrected chi connectivity index (χ2v) is 8.76. The van der Waals surface area contributed by atoms with Gasteiger partial charge in [-0.05, 0) is 63.2 Å². The lowest BCUT2D eigenvalue weighted by atomic mass is 9.48. The molecule has 4 nitrogen and oxygen atoms in total. The van der Waals surface area contributed by atoms with E-state index in [1.807, 2.05) is 4.90 Å². The van der Waals surface area contributed by atoms with Crippen LogP contribution < -0.4 is 0 Å². The van der Waals surface area contributed by atoms with Crippen LogP contribution >= 0.6 is 0 Å². The number of hydrogen-bond donors (Lipinski definition) is 0. The van der Waals surface area contributed by atoms with Gasteiger partial charge in [0.15, 0.2) is 6.61 Å². The third-order valence-electron chi connectivity index (χ3n) is 6.71. The molecular formula is C19H28FNO3. The molecule has 1 saturated heterocycles. The Balaban J connectivity index is 1.37. The average molecular weight is 337 g/mol. The van der Waals surface area contributed by atoms with Crippen molar-refractivity contribution in [2.45, 2.75) is 69.9 Å². The van der Waals surface area contributed by atoms with Gasteiger partial charge in [0.25, 0.3) is 5.91 Å². The molecule has 0 N–H and O–H groups in total. The van der Waals surface area contributed by atoms with Gasteiger partial charge in [-0.3, -0.25) is 9.59 Å². The topological polar surface area (TPSA) is 46.6 Å². The van der Waals surface area contributed by atoms with Crippen molar-refractivity contribution in [3.05, 3.63) is 0 Å². The van der Waals surface area contributed by atoms with Gasteiger partial charge in [0.1, 0.15) is 5.67 Å². The van der Waals surface area contributed by atoms with Crippen LogP contribution in [0.25, 0.3) is 0 Å². The molecule has 0 spiro atoms. The van der Waals surface area contributed by atoms with Crippen LogP contribution in [0.5, 0.6) is 0 Å². The highest BCUT2D eigenvalue weighted by Crippen LogP contribution is 2.63. The van der Waals surface area contributed by atoms with Crippen molar-refractivity contribution >= 4 is 11.9 Å². The number of halogens is 1. The summed E-state index contributed by atoms with van der Waals surface area (Å²) < 4.78 is 20.4. The van der Waals surface area contributed by atoms with Crippen molar-refractivity contribution < 1.29 is 18.7 Å². The molecule has 0 aromatic rings. The molecule has 4 aliphatic carbocycles. The Morgan fingerprint density at radius 1 is 1.00 bits per heavy atom. The van der Waals surface area contributed by atoms with Crippen molar-refractivity contribution in [2.24, 2.45) is 17.3 Å². The van der Waals surface area contributed by atoms with Crippen molar-refractivity contribution in [1.29, 1.82) is 0 Å². The lowest BCUT2D eigenvalue weighted by Crippen LogP contribution is -2.57. The summed E-state index contributed by atoms with van der Waals surface area (Å²) in [6.45, 7) is 1.35. The normalized spacial score (nSPS) is 41.1. The smallest absolute Gasteiger partial charge is 0.312 e. The highest BCUT2D eigenvalue weighted by atomic mass is 19.1. The Morgan fingerprint density at radius 2 is 1.62 bits per heavy atom. The summed E-state index contributed by atoms with van der Waals surface area (Å²) >= 11 is 0. The summed E-state index contributed by atoms with van der Waals surface area (Å²) in [6.07, 6.45) is 8.49. The van der Waals surface area contributed by atoms with Gasteiger partial charge in [-0.25, -0.2) is 4.39 Å². The Labute approximate surface area is 143 Å². The molecule has 0 unspecified atom stereocenters. The summed E-state index contributed by atoms with van der Waals surface area (Å²) in [5.74, 6) is 0.238. The van der Waals surface area contributed by atoms with Crippen LogP contribution in [0, 0.1) is 17.3 Å². The maximum absolute atomic E-state index is 14.9. The maximum Gasteiger partial charge on any atom is 0.312 e. The predicted octanol–water partition coefficient (Wildman–Crippen LogP) is 3.24. The summed E-state index contributed by atoms with van der Waals surface area (Å²) in [6, 6.07) is 0. The second kappa shape index (κ2) is 5.99. The number of rotatable bonds is 3. The maximum atomic E-state index is 14.9. The zero-order valence-corrected chi connectivity index (χ0v) is 14.4. The number of carbonyl (C=O) groups excluding carboxylic acids is 2. The van der Waals surface area contributed by atoms with E-state index < -0.39 is 11.1 Å². The van der Waals surface area contributed by atoms with Gasteiger partial charge in [-0.2, -0.15) is 0 Å². The molecule has 0 radical (unpaired) electrons. The van der Waals surface area contributed by atoms with Gasteiger partial charge >= 0.3 is 5.97 Å². The Kier molecular flexibility index (Phi) is 4.08. The van der Waals surface area contributed by atoms with Gasteiger partial charge in [0.2, 0.25) is 0 Å². The molecule has 1 heterocycles. The van der Waals surface area contributed by atoms with E-state index in [9.17, 15) is 14.0 Å². The molecule has 0 aromatic carbocycles. The van der Waals surface area contributed by atoms with E-state index in [0.717, 1.165) is 58.0 Å². The molecule has 24 heavy (non-hydrogen) atoms. The summed E-state index contributed by atoms with van der Waals surface area (Å²) in [5.41, 5.74) is -1.82. The fourth-order valence-corrected chi connectivity index (χ4v) is 6.08. The van der Waals surface area contributed by atoms with Crippen LogP contribution in [-0.4, -0.2) is 42.1 Å². The molecule has 1 amide bonds. The van der Waals surface area contributed by atoms with Crippen LogP contribution in [0.3, 0.4) is 0 Å². The van der Waals surface area contributed by atoms with Crippen LogP contribution in [0.4, 0.5) is 4.39 Å². The number of alkyl halides is 1. The predicted molar refractivity (Wildman–Crippen MR) is 87.0 cm³/mol. The second-order valence-electron chi connectivity index (χ2n) is 8.76. The van der Waals surface area contributed by atoms with Gasteiger partial charge in [-0.1, -0.05) is 12.8 Å². The molecule has 2 atom stereocenters. The molecule has 5 rings (SSSR count). The zero-order valence-electron chi connectivity index (χ0n) is 14.4. The Hall–Kier alpha value is -1.13.